The summed E-state index contributed by atoms with van der Waals surface area (Å²) in [6.07, 6.45) is 1.54. The van der Waals surface area contributed by atoms with Crippen LogP contribution in [0.25, 0.3) is 0 Å². The summed E-state index contributed by atoms with van der Waals surface area (Å²) >= 11 is 0. The molecule has 0 unspecified atom stereocenters. The van der Waals surface area contributed by atoms with E-state index in [1.165, 1.54) is 0 Å². The molecule has 0 fully saturated rings. The quantitative estimate of drug-likeness (QED) is 0.452. The van der Waals surface area contributed by atoms with E-state index in [2.05, 4.69) is 5.32 Å². The number of hydrogen-bond acceptors (Lipinski definition) is 1. The van der Waals surface area contributed by atoms with Crippen molar-refractivity contribution in [2.45, 2.75) is 0 Å². The van der Waals surface area contributed by atoms with Crippen molar-refractivity contribution in [3.8, 4) is 0 Å². The minimum absolute atomic E-state index is 0.0324. The van der Waals surface area contributed by atoms with Crippen LogP contribution >= 0.6 is 0 Å². The zero-order valence-electron chi connectivity index (χ0n) is 3.37. The molecule has 2 heteroatoms. The molecule has 0 aromatic rings. The first-order valence-corrected chi connectivity index (χ1v) is 1.95. The van der Waals surface area contributed by atoms with Gasteiger partial charge in [-0.05, 0) is 6.08 Å². The molecule has 1 aliphatic heterocycles. The lowest BCUT2D eigenvalue weighted by molar-refractivity contribution is 0.614. The minimum Gasteiger partial charge on any atom is -0.307 e. The smallest absolute Gasteiger partial charge is 0.111 e. The van der Waals surface area contributed by atoms with Gasteiger partial charge in [0.2, 0.25) is 0 Å². The van der Waals surface area contributed by atoms with Gasteiger partial charge in [-0.3, -0.25) is 0 Å². The Morgan fingerprint density at radius 1 is 1.83 bits per heavy atom. The fourth-order valence-electron chi connectivity index (χ4n) is 0.447. The van der Waals surface area contributed by atoms with Crippen molar-refractivity contribution < 1.29 is 4.39 Å². The van der Waals surface area contributed by atoms with Gasteiger partial charge in [0.25, 0.3) is 0 Å². The third-order valence-electron chi connectivity index (χ3n) is 0.762. The van der Waals surface area contributed by atoms with E-state index in [4.69, 9.17) is 0 Å². The normalized spacial score (nSPS) is 21.2. The van der Waals surface area contributed by atoms with Gasteiger partial charge in [-0.1, -0.05) is 0 Å². The first-order valence-electron chi connectivity index (χ1n) is 1.95. The molecule has 1 heterocycles. The monoisotopic (exact) mass is 87.0 g/mol. The summed E-state index contributed by atoms with van der Waals surface area (Å²) in [5.74, 6) is -0.0324. The Kier molecular flexibility index (Phi) is 0.881. The van der Waals surface area contributed by atoms with Gasteiger partial charge in [-0.15, -0.1) is 0 Å². The molecule has 6 heavy (non-hydrogen) atoms. The number of halogens is 1. The summed E-state index contributed by atoms with van der Waals surface area (Å²) in [7, 11) is 0. The molecular weight excluding hydrogens is 81.0 g/mol. The SMILES string of the molecule is FC1=CCNC1. The standard InChI is InChI=1S/C4H6FN/c5-4-1-2-6-3-4/h1,6H,2-3H2. The Morgan fingerprint density at radius 2 is 2.67 bits per heavy atom. The molecule has 34 valence electrons. The van der Waals surface area contributed by atoms with E-state index in [0.717, 1.165) is 0 Å². The zero-order chi connectivity index (χ0) is 4.41. The topological polar surface area (TPSA) is 12.0 Å². The highest BCUT2D eigenvalue weighted by molar-refractivity contribution is 5.01. The van der Waals surface area contributed by atoms with Crippen molar-refractivity contribution in [1.82, 2.24) is 5.32 Å². The fraction of sp³-hybridized carbons (Fsp3) is 0.500. The van der Waals surface area contributed by atoms with Crippen molar-refractivity contribution in [1.29, 1.82) is 0 Å². The van der Waals surface area contributed by atoms with Crippen LogP contribution < -0.4 is 5.32 Å². The molecule has 1 N–H and O–H groups in total. The Balaban J connectivity index is 2.45. The summed E-state index contributed by atoms with van der Waals surface area (Å²) in [5, 5.41) is 2.80. The highest BCUT2D eigenvalue weighted by atomic mass is 19.1. The lowest BCUT2D eigenvalue weighted by atomic mass is 10.6. The molecule has 0 saturated carbocycles. The van der Waals surface area contributed by atoms with Crippen LogP contribution in [0, 0.1) is 0 Å². The molecule has 1 aliphatic rings. The van der Waals surface area contributed by atoms with Gasteiger partial charge in [0, 0.05) is 13.1 Å². The van der Waals surface area contributed by atoms with Gasteiger partial charge >= 0.3 is 0 Å². The second-order valence-corrected chi connectivity index (χ2v) is 1.28. The van der Waals surface area contributed by atoms with E-state index in [1.54, 1.807) is 6.08 Å². The van der Waals surface area contributed by atoms with Crippen molar-refractivity contribution in [3.05, 3.63) is 11.9 Å². The highest BCUT2D eigenvalue weighted by Gasteiger charge is 1.97. The van der Waals surface area contributed by atoms with Crippen LogP contribution in [0.5, 0.6) is 0 Å². The third kappa shape index (κ3) is 0.571. The first-order chi connectivity index (χ1) is 2.89. The maximum absolute atomic E-state index is 11.7. The van der Waals surface area contributed by atoms with Crippen molar-refractivity contribution >= 4 is 0 Å². The second-order valence-electron chi connectivity index (χ2n) is 1.28. The molecular formula is C4H6FN. The van der Waals surface area contributed by atoms with E-state index < -0.39 is 0 Å². The minimum atomic E-state index is -0.0324. The zero-order valence-corrected chi connectivity index (χ0v) is 3.37. The predicted molar refractivity (Wildman–Crippen MR) is 22.1 cm³/mol. The molecule has 0 aromatic heterocycles. The number of hydrogen-bond donors (Lipinski definition) is 1. The van der Waals surface area contributed by atoms with Crippen LogP contribution in [0.3, 0.4) is 0 Å². The number of nitrogens with one attached hydrogen (secondary N) is 1. The van der Waals surface area contributed by atoms with Gasteiger partial charge in [0.1, 0.15) is 5.83 Å². The summed E-state index contributed by atoms with van der Waals surface area (Å²) in [4.78, 5) is 0. The van der Waals surface area contributed by atoms with Crippen LogP contribution in [0.2, 0.25) is 0 Å². The molecule has 0 aliphatic carbocycles. The molecule has 0 radical (unpaired) electrons. The molecule has 0 bridgehead atoms. The lowest BCUT2D eigenvalue weighted by Gasteiger charge is -1.80. The van der Waals surface area contributed by atoms with Crippen molar-refractivity contribution in [2.24, 2.45) is 0 Å². The third-order valence-corrected chi connectivity index (χ3v) is 0.762. The summed E-state index contributed by atoms with van der Waals surface area (Å²) < 4.78 is 11.7. The maximum atomic E-state index is 11.7. The molecule has 0 aromatic carbocycles. The van der Waals surface area contributed by atoms with Crippen LogP contribution in [0.4, 0.5) is 4.39 Å². The average molecular weight is 87.1 g/mol. The summed E-state index contributed by atoms with van der Waals surface area (Å²) in [6.45, 7) is 1.13. The first kappa shape index (κ1) is 3.81. The summed E-state index contributed by atoms with van der Waals surface area (Å²) in [5.41, 5.74) is 0. The Labute approximate surface area is 35.9 Å². The van der Waals surface area contributed by atoms with Crippen LogP contribution in [-0.2, 0) is 0 Å². The van der Waals surface area contributed by atoms with E-state index in [0.29, 0.717) is 13.1 Å². The highest BCUT2D eigenvalue weighted by Crippen LogP contribution is 1.96. The molecule has 1 rings (SSSR count). The molecule has 1 nitrogen and oxygen atoms in total. The van der Waals surface area contributed by atoms with Crippen LogP contribution in [0.1, 0.15) is 0 Å². The van der Waals surface area contributed by atoms with Crippen LogP contribution in [0.15, 0.2) is 11.9 Å². The maximum Gasteiger partial charge on any atom is 0.111 e. The second kappa shape index (κ2) is 1.39. The van der Waals surface area contributed by atoms with Gasteiger partial charge in [0.15, 0.2) is 0 Å². The Bertz CT molecular complexity index is 77.6. The molecule has 0 saturated heterocycles. The Morgan fingerprint density at radius 3 is 2.83 bits per heavy atom. The number of rotatable bonds is 0. The fourth-order valence-corrected chi connectivity index (χ4v) is 0.447. The molecule has 0 atom stereocenters. The van der Waals surface area contributed by atoms with E-state index in [1.807, 2.05) is 0 Å². The van der Waals surface area contributed by atoms with Gasteiger partial charge < -0.3 is 5.32 Å². The van der Waals surface area contributed by atoms with E-state index >= 15 is 0 Å². The van der Waals surface area contributed by atoms with Gasteiger partial charge in [-0.25, -0.2) is 4.39 Å². The average Bonchev–Trinajstić information content (AvgIpc) is 1.86. The van der Waals surface area contributed by atoms with E-state index in [-0.39, 0.29) is 5.83 Å². The summed E-state index contributed by atoms with van der Waals surface area (Å²) in [6, 6.07) is 0. The molecule has 0 amide bonds. The molecule has 0 spiro atoms. The van der Waals surface area contributed by atoms with Crippen molar-refractivity contribution in [2.75, 3.05) is 13.1 Å². The van der Waals surface area contributed by atoms with Gasteiger partial charge in [-0.2, -0.15) is 0 Å². The largest absolute Gasteiger partial charge is 0.307 e. The predicted octanol–water partition coefficient (Wildman–Crippen LogP) is 0.443. The van der Waals surface area contributed by atoms with Crippen molar-refractivity contribution in [3.63, 3.8) is 0 Å². The van der Waals surface area contributed by atoms with E-state index in [9.17, 15) is 4.39 Å². The van der Waals surface area contributed by atoms with Crippen LogP contribution in [-0.4, -0.2) is 13.1 Å². The lowest BCUT2D eigenvalue weighted by Crippen LogP contribution is -2.06. The Hall–Kier alpha value is -0.370. The van der Waals surface area contributed by atoms with Gasteiger partial charge in [0.05, 0.1) is 0 Å².